The van der Waals surface area contributed by atoms with Gasteiger partial charge in [0.2, 0.25) is 0 Å². The SMILES string of the molecule is CCOC(=O)c1cnn(-c2ccc(C(=O)Nc3ccc4nc(C)oc4c3)cc2)c1C(F)(F)F. The molecule has 0 unspecified atom stereocenters. The van der Waals surface area contributed by atoms with Crippen LogP contribution in [0, 0.1) is 6.92 Å². The van der Waals surface area contributed by atoms with Crippen LogP contribution in [0.4, 0.5) is 18.9 Å². The van der Waals surface area contributed by atoms with Gasteiger partial charge in [0.25, 0.3) is 5.91 Å². The first-order valence-electron chi connectivity index (χ1n) is 9.78. The number of amides is 1. The van der Waals surface area contributed by atoms with Gasteiger partial charge in [0, 0.05) is 24.2 Å². The number of ether oxygens (including phenoxy) is 1. The number of benzene rings is 2. The zero-order valence-corrected chi connectivity index (χ0v) is 17.4. The zero-order chi connectivity index (χ0) is 23.8. The van der Waals surface area contributed by atoms with Crippen molar-refractivity contribution in [1.82, 2.24) is 14.8 Å². The summed E-state index contributed by atoms with van der Waals surface area (Å²) < 4.78 is 51.7. The minimum absolute atomic E-state index is 0.0213. The average Bonchev–Trinajstić information content (AvgIpc) is 3.37. The third-order valence-electron chi connectivity index (χ3n) is 4.66. The number of hydrogen-bond donors (Lipinski definition) is 1. The van der Waals surface area contributed by atoms with Gasteiger partial charge in [0.15, 0.2) is 17.2 Å². The highest BCUT2D eigenvalue weighted by Gasteiger charge is 2.41. The van der Waals surface area contributed by atoms with Gasteiger partial charge in [-0.25, -0.2) is 14.5 Å². The summed E-state index contributed by atoms with van der Waals surface area (Å²) in [6, 6.07) is 10.3. The number of aryl methyl sites for hydroxylation is 1. The molecular formula is C22H17F3N4O4. The summed E-state index contributed by atoms with van der Waals surface area (Å²) in [5, 5.41) is 6.41. The van der Waals surface area contributed by atoms with E-state index in [0.717, 1.165) is 6.20 Å². The van der Waals surface area contributed by atoms with Crippen LogP contribution in [0.15, 0.2) is 53.1 Å². The predicted molar refractivity (Wildman–Crippen MR) is 111 cm³/mol. The minimum atomic E-state index is -4.85. The summed E-state index contributed by atoms with van der Waals surface area (Å²) in [6.07, 6.45) is -4.05. The van der Waals surface area contributed by atoms with Gasteiger partial charge in [0.05, 0.1) is 18.5 Å². The zero-order valence-electron chi connectivity index (χ0n) is 17.4. The molecule has 4 aromatic rings. The third-order valence-corrected chi connectivity index (χ3v) is 4.66. The van der Waals surface area contributed by atoms with Gasteiger partial charge >= 0.3 is 12.1 Å². The Hall–Kier alpha value is -4.15. The van der Waals surface area contributed by atoms with E-state index in [1.807, 2.05) is 0 Å². The molecule has 0 bridgehead atoms. The fourth-order valence-electron chi connectivity index (χ4n) is 3.25. The monoisotopic (exact) mass is 458 g/mol. The number of carbonyl (C=O) groups excluding carboxylic acids is 2. The molecule has 170 valence electrons. The molecule has 0 fully saturated rings. The highest BCUT2D eigenvalue weighted by molar-refractivity contribution is 6.05. The van der Waals surface area contributed by atoms with Crippen LogP contribution >= 0.6 is 0 Å². The standard InChI is InChI=1S/C22H17F3N4O4/c1-3-32-21(31)16-11-26-29(19(16)22(23,24)25)15-7-4-13(5-8-15)20(30)28-14-6-9-17-18(10-14)33-12(2)27-17/h4-11H,3H2,1-2H3,(H,28,30). The average molecular weight is 458 g/mol. The molecule has 0 spiro atoms. The van der Waals surface area contributed by atoms with E-state index in [2.05, 4.69) is 15.4 Å². The fraction of sp³-hybridized carbons (Fsp3) is 0.182. The topological polar surface area (TPSA) is 99.2 Å². The molecule has 2 aromatic heterocycles. The van der Waals surface area contributed by atoms with Gasteiger partial charge in [-0.15, -0.1) is 0 Å². The summed E-state index contributed by atoms with van der Waals surface area (Å²) in [5.74, 6) is -1.10. The first kappa shape index (κ1) is 22.1. The summed E-state index contributed by atoms with van der Waals surface area (Å²) in [6.45, 7) is 3.12. The van der Waals surface area contributed by atoms with Crippen LogP contribution in [-0.2, 0) is 10.9 Å². The highest BCUT2D eigenvalue weighted by atomic mass is 19.4. The van der Waals surface area contributed by atoms with Crippen molar-refractivity contribution in [3.05, 3.63) is 71.4 Å². The molecule has 33 heavy (non-hydrogen) atoms. The van der Waals surface area contributed by atoms with Gasteiger partial charge in [0.1, 0.15) is 11.1 Å². The Bertz CT molecular complexity index is 1340. The quantitative estimate of drug-likeness (QED) is 0.433. The fourth-order valence-corrected chi connectivity index (χ4v) is 3.25. The van der Waals surface area contributed by atoms with E-state index in [1.54, 1.807) is 25.1 Å². The van der Waals surface area contributed by atoms with Crippen molar-refractivity contribution >= 4 is 28.7 Å². The lowest BCUT2D eigenvalue weighted by Crippen LogP contribution is -2.18. The first-order valence-corrected chi connectivity index (χ1v) is 9.78. The Labute approximate surface area is 185 Å². The molecule has 0 atom stereocenters. The second-order valence-corrected chi connectivity index (χ2v) is 6.95. The maximum Gasteiger partial charge on any atom is 0.434 e. The van der Waals surface area contributed by atoms with Crippen LogP contribution in [-0.4, -0.2) is 33.2 Å². The molecule has 4 rings (SSSR count). The van der Waals surface area contributed by atoms with E-state index in [9.17, 15) is 22.8 Å². The molecule has 11 heteroatoms. The molecule has 0 aliphatic heterocycles. The second-order valence-electron chi connectivity index (χ2n) is 6.95. The number of esters is 1. The number of fused-ring (bicyclic) bond motifs is 1. The number of carbonyl (C=O) groups is 2. The van der Waals surface area contributed by atoms with Crippen molar-refractivity contribution in [2.45, 2.75) is 20.0 Å². The number of halogens is 3. The summed E-state index contributed by atoms with van der Waals surface area (Å²) in [7, 11) is 0. The molecule has 0 radical (unpaired) electrons. The largest absolute Gasteiger partial charge is 0.462 e. The van der Waals surface area contributed by atoms with E-state index in [4.69, 9.17) is 9.15 Å². The number of nitrogens with zero attached hydrogens (tertiary/aromatic N) is 3. The summed E-state index contributed by atoms with van der Waals surface area (Å²) in [4.78, 5) is 28.7. The Kier molecular flexibility index (Phi) is 5.62. The maximum absolute atomic E-state index is 13.6. The Morgan fingerprint density at radius 3 is 2.55 bits per heavy atom. The maximum atomic E-state index is 13.6. The second kappa shape index (κ2) is 8.41. The van der Waals surface area contributed by atoms with E-state index in [-0.39, 0.29) is 17.9 Å². The molecule has 8 nitrogen and oxygen atoms in total. The van der Waals surface area contributed by atoms with Crippen molar-refractivity contribution in [1.29, 1.82) is 0 Å². The van der Waals surface area contributed by atoms with Crippen LogP contribution in [0.2, 0.25) is 0 Å². The number of rotatable bonds is 5. The van der Waals surface area contributed by atoms with Gasteiger partial charge in [-0.3, -0.25) is 4.79 Å². The van der Waals surface area contributed by atoms with Crippen molar-refractivity contribution in [2.75, 3.05) is 11.9 Å². The van der Waals surface area contributed by atoms with Gasteiger partial charge in [-0.1, -0.05) is 0 Å². The summed E-state index contributed by atoms with van der Waals surface area (Å²) in [5.41, 5.74) is -0.0868. The van der Waals surface area contributed by atoms with Gasteiger partial charge in [-0.05, 0) is 43.3 Å². The number of hydrogen-bond acceptors (Lipinski definition) is 6. The van der Waals surface area contributed by atoms with Crippen LogP contribution in [0.5, 0.6) is 0 Å². The molecular weight excluding hydrogens is 441 g/mol. The van der Waals surface area contributed by atoms with Crippen LogP contribution in [0.25, 0.3) is 16.8 Å². The van der Waals surface area contributed by atoms with Crippen LogP contribution in [0.1, 0.15) is 39.2 Å². The number of aromatic nitrogens is 3. The molecule has 0 aliphatic carbocycles. The van der Waals surface area contributed by atoms with Crippen molar-refractivity contribution in [2.24, 2.45) is 0 Å². The Morgan fingerprint density at radius 2 is 1.88 bits per heavy atom. The van der Waals surface area contributed by atoms with Gasteiger partial charge in [-0.2, -0.15) is 18.3 Å². The molecule has 1 amide bonds. The van der Waals surface area contributed by atoms with E-state index >= 15 is 0 Å². The number of anilines is 1. The highest BCUT2D eigenvalue weighted by Crippen LogP contribution is 2.34. The normalized spacial score (nSPS) is 11.5. The molecule has 1 N–H and O–H groups in total. The molecule has 2 aromatic carbocycles. The van der Waals surface area contributed by atoms with E-state index in [0.29, 0.717) is 27.4 Å². The predicted octanol–water partition coefficient (Wildman–Crippen LogP) is 4.77. The van der Waals surface area contributed by atoms with Crippen molar-refractivity contribution in [3.63, 3.8) is 0 Å². The smallest absolute Gasteiger partial charge is 0.434 e. The first-order chi connectivity index (χ1) is 15.7. The van der Waals surface area contributed by atoms with Crippen molar-refractivity contribution < 1.29 is 31.9 Å². The van der Waals surface area contributed by atoms with E-state index < -0.39 is 29.3 Å². The number of alkyl halides is 3. The number of oxazole rings is 1. The number of nitrogens with one attached hydrogen (secondary N) is 1. The third kappa shape index (κ3) is 4.43. The lowest BCUT2D eigenvalue weighted by atomic mass is 10.1. The van der Waals surface area contributed by atoms with Crippen LogP contribution < -0.4 is 5.32 Å². The Morgan fingerprint density at radius 1 is 1.15 bits per heavy atom. The molecule has 2 heterocycles. The van der Waals surface area contributed by atoms with Crippen LogP contribution in [0.3, 0.4) is 0 Å². The summed E-state index contributed by atoms with van der Waals surface area (Å²) >= 11 is 0. The molecule has 0 saturated carbocycles. The van der Waals surface area contributed by atoms with Gasteiger partial charge < -0.3 is 14.5 Å². The Balaban J connectivity index is 1.59. The lowest BCUT2D eigenvalue weighted by Gasteiger charge is -2.13. The molecule has 0 aliphatic rings. The minimum Gasteiger partial charge on any atom is -0.462 e. The van der Waals surface area contributed by atoms with E-state index in [1.165, 1.54) is 31.2 Å². The lowest BCUT2D eigenvalue weighted by molar-refractivity contribution is -0.143. The van der Waals surface area contributed by atoms with Crippen molar-refractivity contribution in [3.8, 4) is 5.69 Å². The molecule has 0 saturated heterocycles.